The van der Waals surface area contributed by atoms with E-state index in [2.05, 4.69) is 16.4 Å². The van der Waals surface area contributed by atoms with Gasteiger partial charge in [-0.1, -0.05) is 72.4 Å². The van der Waals surface area contributed by atoms with Crippen LogP contribution in [0.2, 0.25) is 0 Å². The van der Waals surface area contributed by atoms with E-state index in [1.807, 2.05) is 60.7 Å². The minimum Gasteiger partial charge on any atom is -0.431 e. The van der Waals surface area contributed by atoms with E-state index in [4.69, 9.17) is 4.42 Å². The Labute approximate surface area is 174 Å². The molecule has 3 aromatic rings. The van der Waals surface area contributed by atoms with Crippen LogP contribution in [0.3, 0.4) is 0 Å². The second-order valence-corrected chi connectivity index (χ2v) is 8.24. The van der Waals surface area contributed by atoms with Gasteiger partial charge in [0.2, 0.25) is 5.91 Å². The van der Waals surface area contributed by atoms with Crippen molar-refractivity contribution in [3.8, 4) is 28.7 Å². The third kappa shape index (κ3) is 4.36. The monoisotopic (exact) mass is 403 g/mol. The lowest BCUT2D eigenvalue weighted by Gasteiger charge is -2.22. The molecule has 6 heteroatoms. The zero-order valence-electron chi connectivity index (χ0n) is 16.1. The highest BCUT2D eigenvalue weighted by Crippen LogP contribution is 2.39. The Balaban J connectivity index is 1.53. The Morgan fingerprint density at radius 1 is 1.17 bits per heavy atom. The molecule has 0 spiro atoms. The Morgan fingerprint density at radius 3 is 2.38 bits per heavy atom. The molecular formula is C23H21N3O2S. The fraction of sp³-hybridized carbons (Fsp3) is 0.261. The van der Waals surface area contributed by atoms with Crippen LogP contribution in [0.1, 0.15) is 19.8 Å². The van der Waals surface area contributed by atoms with Crippen molar-refractivity contribution in [3.63, 3.8) is 0 Å². The van der Waals surface area contributed by atoms with E-state index in [-0.39, 0.29) is 17.6 Å². The Kier molecular flexibility index (Phi) is 5.41. The lowest BCUT2D eigenvalue weighted by molar-refractivity contribution is -0.119. The summed E-state index contributed by atoms with van der Waals surface area (Å²) in [5.74, 6) is 0.885. The number of amides is 1. The molecular weight excluding hydrogens is 382 g/mol. The SMILES string of the molecule is C[C@](C#N)(NC(=O)CSc1nc(-c2ccccc2)c(-c2ccccc2)o1)C1CC1. The summed E-state index contributed by atoms with van der Waals surface area (Å²) in [6, 6.07) is 21.9. The van der Waals surface area contributed by atoms with Gasteiger partial charge in [-0.3, -0.25) is 4.79 Å². The van der Waals surface area contributed by atoms with Crippen molar-refractivity contribution in [2.45, 2.75) is 30.5 Å². The molecule has 2 aromatic carbocycles. The van der Waals surface area contributed by atoms with Crippen LogP contribution in [-0.4, -0.2) is 22.2 Å². The Hall–Kier alpha value is -3.04. The number of carbonyl (C=O) groups excluding carboxylic acids is 1. The first-order valence-corrected chi connectivity index (χ1v) is 10.5. The van der Waals surface area contributed by atoms with Crippen LogP contribution in [-0.2, 0) is 4.79 Å². The van der Waals surface area contributed by atoms with Gasteiger partial charge in [0.15, 0.2) is 5.76 Å². The molecule has 0 aliphatic heterocycles. The Morgan fingerprint density at radius 2 is 1.79 bits per heavy atom. The number of thioether (sulfide) groups is 1. The largest absolute Gasteiger partial charge is 0.431 e. The van der Waals surface area contributed by atoms with Gasteiger partial charge in [0, 0.05) is 11.1 Å². The number of aromatic nitrogens is 1. The number of nitriles is 1. The van der Waals surface area contributed by atoms with Gasteiger partial charge in [0.25, 0.3) is 5.22 Å². The zero-order chi connectivity index (χ0) is 20.3. The molecule has 1 aromatic heterocycles. The average Bonchev–Trinajstić information content (AvgIpc) is 3.54. The van der Waals surface area contributed by atoms with Crippen molar-refractivity contribution in [3.05, 3.63) is 60.7 Å². The van der Waals surface area contributed by atoms with Crippen LogP contribution in [0, 0.1) is 17.2 Å². The number of hydrogen-bond acceptors (Lipinski definition) is 5. The maximum atomic E-state index is 12.4. The molecule has 1 heterocycles. The zero-order valence-corrected chi connectivity index (χ0v) is 16.9. The molecule has 1 saturated carbocycles. The fourth-order valence-electron chi connectivity index (χ4n) is 3.27. The number of nitrogens with zero attached hydrogens (tertiary/aromatic N) is 2. The summed E-state index contributed by atoms with van der Waals surface area (Å²) < 4.78 is 6.03. The maximum Gasteiger partial charge on any atom is 0.257 e. The molecule has 1 atom stereocenters. The van der Waals surface area contributed by atoms with Crippen LogP contribution in [0.4, 0.5) is 0 Å². The molecule has 5 nitrogen and oxygen atoms in total. The highest BCUT2D eigenvalue weighted by Gasteiger charge is 2.43. The second kappa shape index (κ2) is 8.14. The molecule has 0 radical (unpaired) electrons. The minimum absolute atomic E-state index is 0.146. The average molecular weight is 404 g/mol. The molecule has 29 heavy (non-hydrogen) atoms. The van der Waals surface area contributed by atoms with Crippen molar-refractivity contribution in [2.75, 3.05) is 5.75 Å². The normalized spacial score (nSPS) is 15.3. The van der Waals surface area contributed by atoms with E-state index in [1.54, 1.807) is 6.92 Å². The second-order valence-electron chi connectivity index (χ2n) is 7.31. The van der Waals surface area contributed by atoms with Crippen molar-refractivity contribution < 1.29 is 9.21 Å². The van der Waals surface area contributed by atoms with Crippen molar-refractivity contribution in [1.29, 1.82) is 5.26 Å². The molecule has 1 fully saturated rings. The van der Waals surface area contributed by atoms with Crippen LogP contribution in [0.15, 0.2) is 70.3 Å². The number of oxazole rings is 1. The van der Waals surface area contributed by atoms with Crippen molar-refractivity contribution in [2.24, 2.45) is 5.92 Å². The first kappa shape index (κ1) is 19.3. The third-order valence-electron chi connectivity index (χ3n) is 5.04. The first-order valence-electron chi connectivity index (χ1n) is 9.56. The molecule has 146 valence electrons. The standard InChI is InChI=1S/C23H21N3O2S/c1-23(15-24,18-12-13-18)26-19(27)14-29-22-25-20(16-8-4-2-5-9-16)21(28-22)17-10-6-3-7-11-17/h2-11,18H,12-14H2,1H3,(H,26,27)/t23-/m1/s1. The van der Waals surface area contributed by atoms with E-state index in [0.29, 0.717) is 11.0 Å². The fourth-order valence-corrected chi connectivity index (χ4v) is 3.90. The highest BCUT2D eigenvalue weighted by atomic mass is 32.2. The van der Waals surface area contributed by atoms with Crippen LogP contribution in [0.5, 0.6) is 0 Å². The molecule has 0 unspecified atom stereocenters. The van der Waals surface area contributed by atoms with Crippen LogP contribution >= 0.6 is 11.8 Å². The molecule has 1 N–H and O–H groups in total. The number of rotatable bonds is 7. The van der Waals surface area contributed by atoms with Gasteiger partial charge in [-0.15, -0.1) is 0 Å². The summed E-state index contributed by atoms with van der Waals surface area (Å²) >= 11 is 1.24. The van der Waals surface area contributed by atoms with Gasteiger partial charge in [0.05, 0.1) is 11.8 Å². The van der Waals surface area contributed by atoms with E-state index in [1.165, 1.54) is 11.8 Å². The summed E-state index contributed by atoms with van der Waals surface area (Å²) in [7, 11) is 0. The van der Waals surface area contributed by atoms with Gasteiger partial charge in [-0.2, -0.15) is 5.26 Å². The van der Waals surface area contributed by atoms with E-state index in [0.717, 1.165) is 29.7 Å². The van der Waals surface area contributed by atoms with E-state index < -0.39 is 5.54 Å². The van der Waals surface area contributed by atoms with Gasteiger partial charge in [-0.05, 0) is 25.7 Å². The summed E-state index contributed by atoms with van der Waals surface area (Å²) in [5, 5.41) is 12.7. The van der Waals surface area contributed by atoms with Crippen molar-refractivity contribution in [1.82, 2.24) is 10.3 Å². The summed E-state index contributed by atoms with van der Waals surface area (Å²) in [4.78, 5) is 17.0. The number of benzene rings is 2. The maximum absolute atomic E-state index is 12.4. The summed E-state index contributed by atoms with van der Waals surface area (Å²) in [5.41, 5.74) is 1.84. The van der Waals surface area contributed by atoms with Crippen LogP contribution in [0.25, 0.3) is 22.6 Å². The summed E-state index contributed by atoms with van der Waals surface area (Å²) in [6.07, 6.45) is 1.97. The lowest BCUT2D eigenvalue weighted by Crippen LogP contribution is -2.47. The molecule has 0 bridgehead atoms. The van der Waals surface area contributed by atoms with E-state index in [9.17, 15) is 10.1 Å². The highest BCUT2D eigenvalue weighted by molar-refractivity contribution is 7.99. The minimum atomic E-state index is -0.793. The van der Waals surface area contributed by atoms with Crippen LogP contribution < -0.4 is 5.32 Å². The Bertz CT molecular complexity index is 982. The molecule has 4 rings (SSSR count). The molecule has 1 aliphatic carbocycles. The van der Waals surface area contributed by atoms with E-state index >= 15 is 0 Å². The number of carbonyl (C=O) groups is 1. The topological polar surface area (TPSA) is 78.9 Å². The van der Waals surface area contributed by atoms with Gasteiger partial charge in [0.1, 0.15) is 11.2 Å². The lowest BCUT2D eigenvalue weighted by atomic mass is 9.98. The first-order chi connectivity index (χ1) is 14.1. The molecule has 1 aliphatic rings. The quantitative estimate of drug-likeness (QED) is 0.567. The van der Waals surface area contributed by atoms with Crippen molar-refractivity contribution >= 4 is 17.7 Å². The van der Waals surface area contributed by atoms with Gasteiger partial charge in [-0.25, -0.2) is 4.98 Å². The smallest absolute Gasteiger partial charge is 0.257 e. The van der Waals surface area contributed by atoms with Gasteiger partial charge >= 0.3 is 0 Å². The molecule has 0 saturated heterocycles. The van der Waals surface area contributed by atoms with Gasteiger partial charge < -0.3 is 9.73 Å². The summed E-state index contributed by atoms with van der Waals surface area (Å²) in [6.45, 7) is 1.79. The third-order valence-corrected chi connectivity index (χ3v) is 5.87. The predicted molar refractivity (Wildman–Crippen MR) is 113 cm³/mol. The predicted octanol–water partition coefficient (Wildman–Crippen LogP) is 4.91. The number of nitrogens with one attached hydrogen (secondary N) is 1. The number of hydrogen-bond donors (Lipinski definition) is 1. The molecule has 1 amide bonds.